The molecule has 1 saturated heterocycles. The first-order valence-corrected chi connectivity index (χ1v) is 10.7. The SMILES string of the molecule is Cc1ccnn1[C@H](C)C(=O)N1CCC[C@H](c2noc3nc(C(C)C)cc(C(F)(F)F)c23)C1. The summed E-state index contributed by atoms with van der Waals surface area (Å²) in [6.45, 7) is 8.01. The van der Waals surface area contributed by atoms with E-state index in [4.69, 9.17) is 4.52 Å². The molecule has 0 N–H and O–H groups in total. The molecule has 3 aromatic heterocycles. The second-order valence-corrected chi connectivity index (χ2v) is 8.71. The first kappa shape index (κ1) is 22.3. The van der Waals surface area contributed by atoms with Gasteiger partial charge in [-0.2, -0.15) is 18.3 Å². The number of aryl methyl sites for hydroxylation is 1. The molecule has 1 fully saturated rings. The quantitative estimate of drug-likeness (QED) is 0.570. The average molecular weight is 449 g/mol. The number of rotatable bonds is 4. The number of amides is 1. The third kappa shape index (κ3) is 3.98. The maximum Gasteiger partial charge on any atom is 0.417 e. The zero-order chi connectivity index (χ0) is 23.2. The van der Waals surface area contributed by atoms with Crippen molar-refractivity contribution in [2.24, 2.45) is 0 Å². The predicted molar refractivity (Wildman–Crippen MR) is 111 cm³/mol. The fourth-order valence-electron chi connectivity index (χ4n) is 4.35. The monoisotopic (exact) mass is 449 g/mol. The summed E-state index contributed by atoms with van der Waals surface area (Å²) in [6.07, 6.45) is -1.66. The maximum atomic E-state index is 13.9. The summed E-state index contributed by atoms with van der Waals surface area (Å²) in [5.74, 6) is -0.678. The summed E-state index contributed by atoms with van der Waals surface area (Å²) in [7, 11) is 0. The lowest BCUT2D eigenvalue weighted by Crippen LogP contribution is -2.42. The first-order chi connectivity index (χ1) is 15.1. The normalized spacial score (nSPS) is 18.5. The highest BCUT2D eigenvalue weighted by Crippen LogP contribution is 2.41. The van der Waals surface area contributed by atoms with Gasteiger partial charge < -0.3 is 9.42 Å². The molecular weight excluding hydrogens is 423 g/mol. The van der Waals surface area contributed by atoms with E-state index >= 15 is 0 Å². The average Bonchev–Trinajstić information content (AvgIpc) is 3.37. The number of alkyl halides is 3. The van der Waals surface area contributed by atoms with Crippen molar-refractivity contribution < 1.29 is 22.5 Å². The largest absolute Gasteiger partial charge is 0.417 e. The fraction of sp³-hybridized carbons (Fsp3) is 0.545. The third-order valence-corrected chi connectivity index (χ3v) is 6.10. The van der Waals surface area contributed by atoms with Gasteiger partial charge in [-0.05, 0) is 44.7 Å². The van der Waals surface area contributed by atoms with E-state index in [1.54, 1.807) is 36.5 Å². The van der Waals surface area contributed by atoms with Crippen LogP contribution in [-0.4, -0.2) is 43.8 Å². The van der Waals surface area contributed by atoms with Crippen molar-refractivity contribution in [3.63, 3.8) is 0 Å². The van der Waals surface area contributed by atoms with Crippen LogP contribution < -0.4 is 0 Å². The Hall–Kier alpha value is -2.91. The van der Waals surface area contributed by atoms with Gasteiger partial charge in [-0.1, -0.05) is 19.0 Å². The molecule has 0 bridgehead atoms. The lowest BCUT2D eigenvalue weighted by atomic mass is 9.91. The van der Waals surface area contributed by atoms with Gasteiger partial charge in [0.25, 0.3) is 5.71 Å². The van der Waals surface area contributed by atoms with Crippen molar-refractivity contribution >= 4 is 17.0 Å². The van der Waals surface area contributed by atoms with Gasteiger partial charge in [-0.15, -0.1) is 0 Å². The topological polar surface area (TPSA) is 77.0 Å². The second-order valence-electron chi connectivity index (χ2n) is 8.71. The minimum atomic E-state index is -4.57. The van der Waals surface area contributed by atoms with Crippen LogP contribution in [0.2, 0.25) is 0 Å². The number of hydrogen-bond acceptors (Lipinski definition) is 5. The van der Waals surface area contributed by atoms with Gasteiger partial charge in [0.1, 0.15) is 6.04 Å². The van der Waals surface area contributed by atoms with Gasteiger partial charge in [-0.25, -0.2) is 4.98 Å². The Morgan fingerprint density at radius 2 is 2.03 bits per heavy atom. The van der Waals surface area contributed by atoms with Gasteiger partial charge in [-0.3, -0.25) is 9.48 Å². The van der Waals surface area contributed by atoms with E-state index in [9.17, 15) is 18.0 Å². The molecule has 172 valence electrons. The van der Waals surface area contributed by atoms with Crippen LogP contribution in [0.25, 0.3) is 11.1 Å². The van der Waals surface area contributed by atoms with E-state index in [1.807, 2.05) is 13.0 Å². The van der Waals surface area contributed by atoms with E-state index in [0.717, 1.165) is 11.8 Å². The van der Waals surface area contributed by atoms with Crippen LogP contribution in [0.3, 0.4) is 0 Å². The molecule has 1 aliphatic rings. The molecule has 1 aliphatic heterocycles. The Labute approximate surface area is 183 Å². The molecule has 3 aromatic rings. The predicted octanol–water partition coefficient (Wildman–Crippen LogP) is 4.84. The van der Waals surface area contributed by atoms with Crippen LogP contribution in [0.1, 0.15) is 74.1 Å². The molecule has 0 radical (unpaired) electrons. The van der Waals surface area contributed by atoms with Crippen molar-refractivity contribution in [3.8, 4) is 0 Å². The summed E-state index contributed by atoms with van der Waals surface area (Å²) in [4.78, 5) is 19.1. The number of fused-ring (bicyclic) bond motifs is 1. The van der Waals surface area contributed by atoms with Crippen LogP contribution in [-0.2, 0) is 11.0 Å². The molecule has 1 amide bonds. The van der Waals surface area contributed by atoms with Crippen molar-refractivity contribution in [2.45, 2.75) is 64.6 Å². The smallest absolute Gasteiger partial charge is 0.340 e. The summed E-state index contributed by atoms with van der Waals surface area (Å²) in [5.41, 5.74) is 0.490. The highest BCUT2D eigenvalue weighted by molar-refractivity contribution is 5.83. The van der Waals surface area contributed by atoms with Gasteiger partial charge in [0.2, 0.25) is 5.91 Å². The number of hydrogen-bond donors (Lipinski definition) is 0. The number of likely N-dealkylation sites (tertiary alicyclic amines) is 1. The maximum absolute atomic E-state index is 13.9. The molecule has 4 rings (SSSR count). The lowest BCUT2D eigenvalue weighted by molar-refractivity contribution is -0.137. The number of carbonyl (C=O) groups is 1. The van der Waals surface area contributed by atoms with E-state index < -0.39 is 17.8 Å². The summed E-state index contributed by atoms with van der Waals surface area (Å²) in [6, 6.07) is 2.41. The van der Waals surface area contributed by atoms with Gasteiger partial charge in [0.05, 0.1) is 16.6 Å². The molecule has 0 spiro atoms. The van der Waals surface area contributed by atoms with Crippen molar-refractivity contribution in [2.75, 3.05) is 13.1 Å². The number of nitrogens with zero attached hydrogens (tertiary/aromatic N) is 5. The summed E-state index contributed by atoms with van der Waals surface area (Å²) in [5, 5.41) is 8.11. The van der Waals surface area contributed by atoms with Crippen molar-refractivity contribution in [3.05, 3.63) is 41.0 Å². The Morgan fingerprint density at radius 3 is 2.66 bits per heavy atom. The molecule has 4 heterocycles. The number of piperidine rings is 1. The van der Waals surface area contributed by atoms with Gasteiger partial charge in [0.15, 0.2) is 0 Å². The minimum Gasteiger partial charge on any atom is -0.340 e. The number of halogens is 3. The Kier molecular flexibility index (Phi) is 5.72. The Balaban J connectivity index is 1.67. The standard InChI is InChI=1S/C22H26F3N5O2/c1-12(2)17-10-16(22(23,24)25)18-19(28-32-20(18)27-17)15-6-5-9-29(11-15)21(31)14(4)30-13(3)7-8-26-30/h7-8,10,12,14-15H,5-6,9,11H2,1-4H3/t14-,15+/m1/s1. The minimum absolute atomic E-state index is 0.0998. The molecular formula is C22H26F3N5O2. The van der Waals surface area contributed by atoms with E-state index in [0.29, 0.717) is 25.1 Å². The summed E-state index contributed by atoms with van der Waals surface area (Å²) < 4.78 is 48.7. The number of aromatic nitrogens is 4. The van der Waals surface area contributed by atoms with Crippen molar-refractivity contribution in [1.82, 2.24) is 24.8 Å². The summed E-state index contributed by atoms with van der Waals surface area (Å²) >= 11 is 0. The van der Waals surface area contributed by atoms with Crippen LogP contribution in [0.4, 0.5) is 13.2 Å². The van der Waals surface area contributed by atoms with Gasteiger partial charge in [0, 0.05) is 36.6 Å². The van der Waals surface area contributed by atoms with Crippen LogP contribution >= 0.6 is 0 Å². The Bertz CT molecular complexity index is 1130. The van der Waals surface area contributed by atoms with Crippen molar-refractivity contribution in [1.29, 1.82) is 0 Å². The number of carbonyl (C=O) groups excluding carboxylic acids is 1. The fourth-order valence-corrected chi connectivity index (χ4v) is 4.35. The lowest BCUT2D eigenvalue weighted by Gasteiger charge is -2.34. The highest BCUT2D eigenvalue weighted by atomic mass is 19.4. The highest BCUT2D eigenvalue weighted by Gasteiger charge is 2.39. The molecule has 0 aromatic carbocycles. The first-order valence-electron chi connectivity index (χ1n) is 10.7. The van der Waals surface area contributed by atoms with Crippen LogP contribution in [0.5, 0.6) is 0 Å². The van der Waals surface area contributed by atoms with Crippen LogP contribution in [0, 0.1) is 6.92 Å². The molecule has 7 nitrogen and oxygen atoms in total. The van der Waals surface area contributed by atoms with Crippen LogP contribution in [0.15, 0.2) is 22.9 Å². The molecule has 0 unspecified atom stereocenters. The Morgan fingerprint density at radius 1 is 1.28 bits per heavy atom. The second kappa shape index (κ2) is 8.22. The van der Waals surface area contributed by atoms with E-state index in [1.165, 1.54) is 0 Å². The zero-order valence-corrected chi connectivity index (χ0v) is 18.5. The van der Waals surface area contributed by atoms with E-state index in [2.05, 4.69) is 15.2 Å². The zero-order valence-electron chi connectivity index (χ0n) is 18.5. The van der Waals surface area contributed by atoms with Gasteiger partial charge >= 0.3 is 6.18 Å². The number of pyridine rings is 1. The molecule has 10 heteroatoms. The molecule has 0 saturated carbocycles. The van der Waals surface area contributed by atoms with E-state index in [-0.39, 0.29) is 41.1 Å². The third-order valence-electron chi connectivity index (χ3n) is 6.10. The molecule has 0 aliphatic carbocycles. The molecule has 2 atom stereocenters. The molecule has 32 heavy (non-hydrogen) atoms.